The molecule has 0 aliphatic heterocycles. The Hall–Kier alpha value is -4.41. The minimum atomic E-state index is -1.08. The fourth-order valence-corrected chi connectivity index (χ4v) is 5.77. The summed E-state index contributed by atoms with van der Waals surface area (Å²) in [6.45, 7) is 0. The zero-order valence-corrected chi connectivity index (χ0v) is 23.9. The molecule has 0 unspecified atom stereocenters. The van der Waals surface area contributed by atoms with Gasteiger partial charge >= 0.3 is 21.1 Å². The van der Waals surface area contributed by atoms with Crippen LogP contribution in [0.1, 0.15) is 22.5 Å². The van der Waals surface area contributed by atoms with Crippen LogP contribution in [-0.4, -0.2) is 9.97 Å². The van der Waals surface area contributed by atoms with Gasteiger partial charge in [-0.15, -0.1) is 24.3 Å². The average Bonchev–Trinajstić information content (AvgIpc) is 3.29. The Kier molecular flexibility index (Phi) is 7.12. The number of fused-ring (bicyclic) bond motifs is 3. The van der Waals surface area contributed by atoms with E-state index in [2.05, 4.69) is 12.1 Å². The molecule has 7 heteroatoms. The first-order valence-electron chi connectivity index (χ1n) is 12.9. The van der Waals surface area contributed by atoms with Gasteiger partial charge in [-0.2, -0.15) is 0 Å². The van der Waals surface area contributed by atoms with Crippen molar-refractivity contribution in [3.63, 3.8) is 0 Å². The number of aromatic nitrogens is 2. The third-order valence-electron chi connectivity index (χ3n) is 7.45. The largest absolute Gasteiger partial charge is 2.00 e. The molecule has 0 spiro atoms. The predicted molar refractivity (Wildman–Crippen MR) is 148 cm³/mol. The number of hydrogen-bond acceptors (Lipinski definition) is 2. The second-order valence-electron chi connectivity index (χ2n) is 9.74. The monoisotopic (exact) mass is 737 g/mol. The Morgan fingerprint density at radius 3 is 1.38 bits per heavy atom. The molecule has 1 aliphatic rings. The number of rotatable bonds is 4. The minimum absolute atomic E-state index is 0. The normalized spacial score (nSPS) is 12.8. The first-order valence-corrected chi connectivity index (χ1v) is 12.9. The summed E-state index contributed by atoms with van der Waals surface area (Å²) in [5, 5.41) is 0. The van der Waals surface area contributed by atoms with Crippen molar-refractivity contribution in [2.45, 2.75) is 5.41 Å². The van der Waals surface area contributed by atoms with E-state index in [1.165, 1.54) is 0 Å². The third kappa shape index (κ3) is 4.29. The van der Waals surface area contributed by atoms with Crippen LogP contribution in [0.2, 0.25) is 0 Å². The number of pyridine rings is 2. The first-order chi connectivity index (χ1) is 20.0. The molecule has 0 fully saturated rings. The zero-order chi connectivity index (χ0) is 28.1. The van der Waals surface area contributed by atoms with Crippen molar-refractivity contribution in [3.8, 4) is 33.6 Å². The molecule has 2 nitrogen and oxygen atoms in total. The second kappa shape index (κ2) is 10.8. The summed E-state index contributed by atoms with van der Waals surface area (Å²) in [7, 11) is 0. The summed E-state index contributed by atoms with van der Waals surface area (Å²) < 4.78 is 57.1. The van der Waals surface area contributed by atoms with Gasteiger partial charge in [-0.3, -0.25) is 27.5 Å². The summed E-state index contributed by atoms with van der Waals surface area (Å²) in [4.78, 5) is 9.86. The van der Waals surface area contributed by atoms with Gasteiger partial charge in [-0.1, -0.05) is 96.1 Å². The summed E-state index contributed by atoms with van der Waals surface area (Å²) >= 11 is 0. The molecule has 0 atom stereocenters. The van der Waals surface area contributed by atoms with Crippen molar-refractivity contribution < 1.29 is 38.6 Å². The fraction of sp³-hybridized carbons (Fsp3) is 0.0286. The first kappa shape index (κ1) is 27.7. The molecule has 6 aromatic rings. The number of halogens is 4. The quantitative estimate of drug-likeness (QED) is 0.134. The molecule has 206 valence electrons. The number of benzene rings is 4. The van der Waals surface area contributed by atoms with Crippen LogP contribution in [-0.2, 0) is 26.5 Å². The Labute approximate surface area is 254 Å². The molecule has 0 amide bonds. The standard InChI is InChI=1S/C35H18F4N2.Pt/c36-21-15-17-25(29(38)19-21)31-11-5-13-33(40-31)35(27-9-3-1-7-23(27)24-8-2-4-10-28(24)35)34-14-6-12-32(41-34)26-18-16-22(37)20-30(26)39;/h1-16,19-20H;/q-2;+2. The van der Waals surface area contributed by atoms with Crippen molar-refractivity contribution in [1.82, 2.24) is 9.97 Å². The molecular formula is C35H18F4N2Pt. The Balaban J connectivity index is 0.00000316. The van der Waals surface area contributed by atoms with Gasteiger partial charge in [0.15, 0.2) is 0 Å². The Bertz CT molecular complexity index is 1830. The maximum Gasteiger partial charge on any atom is 2.00 e. The van der Waals surface area contributed by atoms with Gasteiger partial charge in [0.1, 0.15) is 5.41 Å². The SMILES string of the molecule is Fc1c[c-]c(-c2cccc(C3(c4cccc(-c5[c-]cc(F)cc5F)n4)c4ccccc4-c4ccccc43)n2)c(F)c1.[Pt+2]. The van der Waals surface area contributed by atoms with E-state index in [1.54, 1.807) is 24.3 Å². The van der Waals surface area contributed by atoms with Crippen molar-refractivity contribution in [2.75, 3.05) is 0 Å². The van der Waals surface area contributed by atoms with Crippen LogP contribution in [0.15, 0.2) is 109 Å². The van der Waals surface area contributed by atoms with Gasteiger partial charge in [-0.25, -0.2) is 0 Å². The zero-order valence-electron chi connectivity index (χ0n) is 21.6. The molecule has 2 heterocycles. The van der Waals surface area contributed by atoms with E-state index in [0.717, 1.165) is 46.5 Å². The maximum atomic E-state index is 14.9. The van der Waals surface area contributed by atoms with Crippen LogP contribution in [0.4, 0.5) is 17.6 Å². The molecule has 7 rings (SSSR count). The van der Waals surface area contributed by atoms with Crippen LogP contribution in [0.3, 0.4) is 0 Å². The van der Waals surface area contributed by atoms with E-state index in [1.807, 2.05) is 60.7 Å². The molecule has 1 aliphatic carbocycles. The average molecular weight is 738 g/mol. The van der Waals surface area contributed by atoms with Gasteiger partial charge < -0.3 is 0 Å². The van der Waals surface area contributed by atoms with Gasteiger partial charge in [0.2, 0.25) is 0 Å². The second-order valence-corrected chi connectivity index (χ2v) is 9.74. The molecule has 0 bridgehead atoms. The minimum Gasteiger partial charge on any atom is -0.299 e. The van der Waals surface area contributed by atoms with E-state index >= 15 is 0 Å². The van der Waals surface area contributed by atoms with E-state index < -0.39 is 28.7 Å². The smallest absolute Gasteiger partial charge is 0.299 e. The Morgan fingerprint density at radius 2 is 0.952 bits per heavy atom. The van der Waals surface area contributed by atoms with Gasteiger partial charge in [0.25, 0.3) is 0 Å². The van der Waals surface area contributed by atoms with E-state index in [0.29, 0.717) is 11.4 Å². The molecule has 42 heavy (non-hydrogen) atoms. The van der Waals surface area contributed by atoms with E-state index in [-0.39, 0.29) is 43.6 Å². The summed E-state index contributed by atoms with van der Waals surface area (Å²) in [5.74, 6) is -3.02. The van der Waals surface area contributed by atoms with Crippen LogP contribution >= 0.6 is 0 Å². The van der Waals surface area contributed by atoms with Crippen LogP contribution in [0.25, 0.3) is 33.6 Å². The molecular weight excluding hydrogens is 719 g/mol. The van der Waals surface area contributed by atoms with Gasteiger partial charge in [0.05, 0.1) is 11.4 Å². The van der Waals surface area contributed by atoms with Crippen LogP contribution in [0, 0.1) is 35.4 Å². The fourth-order valence-electron chi connectivity index (χ4n) is 5.77. The van der Waals surface area contributed by atoms with Crippen molar-refractivity contribution in [2.24, 2.45) is 0 Å². The molecule has 0 saturated carbocycles. The van der Waals surface area contributed by atoms with E-state index in [4.69, 9.17) is 9.97 Å². The van der Waals surface area contributed by atoms with Crippen LogP contribution < -0.4 is 0 Å². The van der Waals surface area contributed by atoms with Gasteiger partial charge in [0, 0.05) is 23.3 Å². The summed E-state index contributed by atoms with van der Waals surface area (Å²) in [5.41, 5.74) is 4.35. The van der Waals surface area contributed by atoms with Crippen LogP contribution in [0.5, 0.6) is 0 Å². The Morgan fingerprint density at radius 1 is 0.524 bits per heavy atom. The van der Waals surface area contributed by atoms with Crippen molar-refractivity contribution >= 4 is 0 Å². The summed E-state index contributed by atoms with van der Waals surface area (Å²) in [6.07, 6.45) is 0. The maximum absolute atomic E-state index is 14.9. The summed E-state index contributed by atoms with van der Waals surface area (Å²) in [6, 6.07) is 35.3. The molecule has 0 radical (unpaired) electrons. The molecule has 0 saturated heterocycles. The number of hydrogen-bond donors (Lipinski definition) is 0. The number of nitrogens with zero attached hydrogens (tertiary/aromatic N) is 2. The van der Waals surface area contributed by atoms with Crippen molar-refractivity contribution in [3.05, 3.63) is 167 Å². The molecule has 2 aromatic heterocycles. The molecule has 0 N–H and O–H groups in total. The van der Waals surface area contributed by atoms with E-state index in [9.17, 15) is 17.6 Å². The van der Waals surface area contributed by atoms with Gasteiger partial charge in [-0.05, 0) is 45.8 Å². The third-order valence-corrected chi connectivity index (χ3v) is 7.45. The topological polar surface area (TPSA) is 25.8 Å². The predicted octanol–water partition coefficient (Wildman–Crippen LogP) is 8.33. The molecule has 4 aromatic carbocycles. The van der Waals surface area contributed by atoms with Crippen molar-refractivity contribution in [1.29, 1.82) is 0 Å².